The van der Waals surface area contributed by atoms with Crippen LogP contribution in [0.2, 0.25) is 0 Å². The van der Waals surface area contributed by atoms with E-state index < -0.39 is 23.6 Å². The number of para-hydroxylation sites is 1. The first-order valence-electron chi connectivity index (χ1n) is 8.18. The van der Waals surface area contributed by atoms with Gasteiger partial charge in [0.1, 0.15) is 13.2 Å². The first-order chi connectivity index (χ1) is 13.0. The third kappa shape index (κ3) is 3.72. The van der Waals surface area contributed by atoms with E-state index in [0.29, 0.717) is 0 Å². The van der Waals surface area contributed by atoms with E-state index in [1.54, 1.807) is 6.07 Å². The average molecular weight is 369 g/mol. The minimum absolute atomic E-state index is 0.0257. The molecular weight excluding hydrogens is 353 g/mol. The van der Waals surface area contributed by atoms with Crippen LogP contribution in [0.4, 0.5) is 4.39 Å². The van der Waals surface area contributed by atoms with Crippen molar-refractivity contribution in [1.29, 1.82) is 0 Å². The number of hydrogen-bond acceptors (Lipinski definition) is 5. The van der Waals surface area contributed by atoms with E-state index in [0.717, 1.165) is 4.90 Å². The number of rotatable bonds is 7. The Morgan fingerprint density at radius 1 is 1.07 bits per heavy atom. The Hall–Kier alpha value is -3.48. The van der Waals surface area contributed by atoms with E-state index in [1.807, 2.05) is 0 Å². The lowest BCUT2D eigenvalue weighted by molar-refractivity contribution is 0.0448. The molecule has 0 saturated heterocycles. The molecule has 1 aliphatic heterocycles. The fourth-order valence-electron chi connectivity index (χ4n) is 2.64. The van der Waals surface area contributed by atoms with Crippen molar-refractivity contribution in [3.05, 3.63) is 77.6 Å². The zero-order valence-electron chi connectivity index (χ0n) is 14.3. The number of halogens is 1. The lowest BCUT2D eigenvalue weighted by Crippen LogP contribution is -2.29. The normalized spacial score (nSPS) is 12.7. The van der Waals surface area contributed by atoms with E-state index in [9.17, 15) is 18.8 Å². The molecule has 0 N–H and O–H groups in total. The summed E-state index contributed by atoms with van der Waals surface area (Å²) in [6, 6.07) is 10.1. The molecule has 6 nitrogen and oxygen atoms in total. The van der Waals surface area contributed by atoms with Gasteiger partial charge in [-0.3, -0.25) is 14.5 Å². The minimum atomic E-state index is -0.669. The molecule has 0 saturated carbocycles. The number of carbonyl (C=O) groups excluding carboxylic acids is 3. The van der Waals surface area contributed by atoms with Gasteiger partial charge in [0.25, 0.3) is 11.8 Å². The molecule has 1 aliphatic rings. The van der Waals surface area contributed by atoms with Crippen molar-refractivity contribution in [1.82, 2.24) is 4.90 Å². The molecule has 1 heterocycles. The molecule has 7 heteroatoms. The predicted molar refractivity (Wildman–Crippen MR) is 94.2 cm³/mol. The molecule has 2 aromatic carbocycles. The molecular formula is C20H16FNO5. The molecule has 0 aliphatic carbocycles. The first kappa shape index (κ1) is 18.3. The Morgan fingerprint density at radius 3 is 2.56 bits per heavy atom. The zero-order chi connectivity index (χ0) is 19.4. The van der Waals surface area contributed by atoms with Crippen LogP contribution in [0.1, 0.15) is 31.1 Å². The molecule has 0 fully saturated rings. The van der Waals surface area contributed by atoms with Gasteiger partial charge in [0.2, 0.25) is 0 Å². The smallest absolute Gasteiger partial charge is 0.338 e. The van der Waals surface area contributed by atoms with Crippen molar-refractivity contribution in [3.8, 4) is 5.75 Å². The van der Waals surface area contributed by atoms with Gasteiger partial charge >= 0.3 is 5.97 Å². The fourth-order valence-corrected chi connectivity index (χ4v) is 2.64. The maximum absolute atomic E-state index is 13.4. The Bertz CT molecular complexity index is 924. The largest absolute Gasteiger partial charge is 0.487 e. The molecule has 0 atom stereocenters. The van der Waals surface area contributed by atoms with Crippen molar-refractivity contribution in [2.45, 2.75) is 0 Å². The van der Waals surface area contributed by atoms with Crippen LogP contribution < -0.4 is 4.74 Å². The molecule has 138 valence electrons. The first-order valence-corrected chi connectivity index (χ1v) is 8.18. The summed E-state index contributed by atoms with van der Waals surface area (Å²) in [4.78, 5) is 37.6. The van der Waals surface area contributed by atoms with Crippen LogP contribution in [0.15, 0.2) is 55.1 Å². The molecule has 2 aromatic rings. The summed E-state index contributed by atoms with van der Waals surface area (Å²) >= 11 is 0. The van der Waals surface area contributed by atoms with E-state index >= 15 is 0 Å². The van der Waals surface area contributed by atoms with Crippen molar-refractivity contribution >= 4 is 17.8 Å². The third-order valence-electron chi connectivity index (χ3n) is 3.93. The predicted octanol–water partition coefficient (Wildman–Crippen LogP) is 2.84. The van der Waals surface area contributed by atoms with Crippen molar-refractivity contribution < 1.29 is 28.2 Å². The zero-order valence-corrected chi connectivity index (χ0v) is 14.3. The maximum atomic E-state index is 13.4. The average Bonchev–Trinajstić information content (AvgIpc) is 2.91. The highest BCUT2D eigenvalue weighted by atomic mass is 19.1. The van der Waals surface area contributed by atoms with Crippen LogP contribution in [0.25, 0.3) is 0 Å². The van der Waals surface area contributed by atoms with Crippen molar-refractivity contribution in [2.24, 2.45) is 0 Å². The summed E-state index contributed by atoms with van der Waals surface area (Å²) in [7, 11) is 0. The number of amides is 2. The lowest BCUT2D eigenvalue weighted by Gasteiger charge is -2.09. The Labute approximate surface area is 154 Å². The lowest BCUT2D eigenvalue weighted by atomic mass is 10.1. The second-order valence-corrected chi connectivity index (χ2v) is 5.68. The molecule has 3 rings (SSSR count). The van der Waals surface area contributed by atoms with Crippen LogP contribution in [-0.2, 0) is 4.74 Å². The quantitative estimate of drug-likeness (QED) is 0.325. The van der Waals surface area contributed by atoms with Crippen LogP contribution in [0.5, 0.6) is 5.75 Å². The van der Waals surface area contributed by atoms with Gasteiger partial charge in [0.05, 0.1) is 16.7 Å². The monoisotopic (exact) mass is 369 g/mol. The number of carbonyl (C=O) groups is 3. The van der Waals surface area contributed by atoms with Crippen LogP contribution in [0, 0.1) is 5.82 Å². The third-order valence-corrected chi connectivity index (χ3v) is 3.93. The van der Waals surface area contributed by atoms with Gasteiger partial charge in [-0.25, -0.2) is 9.18 Å². The van der Waals surface area contributed by atoms with E-state index in [-0.39, 0.29) is 42.2 Å². The van der Waals surface area contributed by atoms with Gasteiger partial charge in [-0.15, -0.1) is 6.58 Å². The second-order valence-electron chi connectivity index (χ2n) is 5.68. The number of fused-ring (bicyclic) bond motifs is 1. The van der Waals surface area contributed by atoms with Gasteiger partial charge < -0.3 is 9.47 Å². The fraction of sp³-hybridized carbons (Fsp3) is 0.150. The number of imide groups is 1. The maximum Gasteiger partial charge on any atom is 0.338 e. The summed E-state index contributed by atoms with van der Waals surface area (Å²) in [6.45, 7) is 3.49. The highest BCUT2D eigenvalue weighted by Crippen LogP contribution is 2.24. The van der Waals surface area contributed by atoms with Gasteiger partial charge in [-0.1, -0.05) is 18.2 Å². The number of ether oxygens (including phenoxy) is 2. The van der Waals surface area contributed by atoms with E-state index in [2.05, 4.69) is 6.58 Å². The molecule has 0 bridgehead atoms. The van der Waals surface area contributed by atoms with Gasteiger partial charge in [0, 0.05) is 6.54 Å². The van der Waals surface area contributed by atoms with Gasteiger partial charge in [-0.2, -0.15) is 0 Å². The number of benzene rings is 2. The molecule has 2 amide bonds. The molecule has 0 spiro atoms. The van der Waals surface area contributed by atoms with Crippen molar-refractivity contribution in [3.63, 3.8) is 0 Å². The standard InChI is InChI=1S/C20H16FNO5/c1-2-9-22-18(23)14-8-7-13(12-15(14)19(22)24)20(25)27-11-10-26-17-6-4-3-5-16(17)21/h2-8,12H,1,9-11H2. The highest BCUT2D eigenvalue weighted by molar-refractivity contribution is 6.22. The summed E-state index contributed by atoms with van der Waals surface area (Å²) in [5, 5.41) is 0. The van der Waals surface area contributed by atoms with Crippen molar-refractivity contribution in [2.75, 3.05) is 19.8 Å². The SMILES string of the molecule is C=CCN1C(=O)c2ccc(C(=O)OCCOc3ccccc3F)cc2C1=O. The van der Waals surface area contributed by atoms with Crippen LogP contribution in [-0.4, -0.2) is 42.4 Å². The van der Waals surface area contributed by atoms with Crippen LogP contribution >= 0.6 is 0 Å². The molecule has 0 aromatic heterocycles. The summed E-state index contributed by atoms with van der Waals surface area (Å²) < 4.78 is 23.7. The molecule has 0 unspecified atom stereocenters. The Kier molecular flexibility index (Phi) is 5.30. The topological polar surface area (TPSA) is 72.9 Å². The molecule has 0 radical (unpaired) electrons. The van der Waals surface area contributed by atoms with Gasteiger partial charge in [-0.05, 0) is 30.3 Å². The Morgan fingerprint density at radius 2 is 1.81 bits per heavy atom. The number of nitrogens with zero attached hydrogens (tertiary/aromatic N) is 1. The highest BCUT2D eigenvalue weighted by Gasteiger charge is 2.35. The Balaban J connectivity index is 1.60. The summed E-state index contributed by atoms with van der Waals surface area (Å²) in [5.74, 6) is -2.01. The molecule has 27 heavy (non-hydrogen) atoms. The van der Waals surface area contributed by atoms with Crippen LogP contribution in [0.3, 0.4) is 0 Å². The van der Waals surface area contributed by atoms with Gasteiger partial charge in [0.15, 0.2) is 11.6 Å². The van der Waals surface area contributed by atoms with E-state index in [1.165, 1.54) is 42.5 Å². The number of esters is 1. The second kappa shape index (κ2) is 7.82. The summed E-state index contributed by atoms with van der Waals surface area (Å²) in [5.41, 5.74) is 0.529. The van der Waals surface area contributed by atoms with E-state index in [4.69, 9.17) is 9.47 Å². The summed E-state index contributed by atoms with van der Waals surface area (Å²) in [6.07, 6.45) is 1.45. The minimum Gasteiger partial charge on any atom is -0.487 e. The number of hydrogen-bond donors (Lipinski definition) is 0.